The zero-order valence-electron chi connectivity index (χ0n) is 19.5. The third kappa shape index (κ3) is 5.00. The number of hydrogen-bond donors (Lipinski definition) is 1. The monoisotopic (exact) mass is 520 g/mol. The minimum atomic E-state index is -3.73. The summed E-state index contributed by atoms with van der Waals surface area (Å²) in [6, 6.07) is 21.4. The molecule has 0 fully saturated rings. The van der Waals surface area contributed by atoms with E-state index in [1.54, 1.807) is 17.8 Å². The lowest BCUT2D eigenvalue weighted by molar-refractivity contribution is 0.102. The number of nitrogens with one attached hydrogen (secondary N) is 1. The topological polar surface area (TPSA) is 105 Å². The Labute approximate surface area is 213 Å². The van der Waals surface area contributed by atoms with Gasteiger partial charge >= 0.3 is 6.01 Å². The molecular formula is C26H24N4O4S2. The molecule has 10 heteroatoms. The largest absolute Gasteiger partial charge is 0.407 e. The maximum absolute atomic E-state index is 13.2. The van der Waals surface area contributed by atoms with E-state index in [9.17, 15) is 13.2 Å². The molecule has 5 rings (SSSR count). The minimum absolute atomic E-state index is 0.0152. The van der Waals surface area contributed by atoms with Crippen LogP contribution in [-0.2, 0) is 22.9 Å². The Bertz CT molecular complexity index is 1480. The van der Waals surface area contributed by atoms with Crippen molar-refractivity contribution in [2.75, 3.05) is 21.9 Å². The van der Waals surface area contributed by atoms with Crippen molar-refractivity contribution in [2.24, 2.45) is 0 Å². The van der Waals surface area contributed by atoms with Gasteiger partial charge in [0.2, 0.25) is 5.89 Å². The van der Waals surface area contributed by atoms with Crippen LogP contribution in [0, 0.1) is 0 Å². The molecule has 1 amide bonds. The Hall–Kier alpha value is -3.63. The SMILES string of the molecule is CCSc1ccc(Cc2nnc(NC(=O)c3ccc(S(=O)(=O)N4CCc5ccccc54)cc3)o2)cc1. The Morgan fingerprint density at radius 3 is 2.53 bits per heavy atom. The highest BCUT2D eigenvalue weighted by molar-refractivity contribution is 7.99. The van der Waals surface area contributed by atoms with Gasteiger partial charge in [0, 0.05) is 17.0 Å². The average Bonchev–Trinajstić information content (AvgIpc) is 3.52. The molecule has 8 nitrogen and oxygen atoms in total. The molecule has 0 saturated heterocycles. The van der Waals surface area contributed by atoms with E-state index >= 15 is 0 Å². The van der Waals surface area contributed by atoms with Gasteiger partial charge in [-0.1, -0.05) is 42.4 Å². The van der Waals surface area contributed by atoms with Gasteiger partial charge in [0.15, 0.2) is 0 Å². The van der Waals surface area contributed by atoms with E-state index in [0.717, 1.165) is 16.9 Å². The summed E-state index contributed by atoms with van der Waals surface area (Å²) < 4.78 is 33.3. The van der Waals surface area contributed by atoms with Gasteiger partial charge in [-0.15, -0.1) is 16.9 Å². The Morgan fingerprint density at radius 2 is 1.78 bits per heavy atom. The summed E-state index contributed by atoms with van der Waals surface area (Å²) >= 11 is 1.77. The molecule has 1 aromatic heterocycles. The number of aromatic nitrogens is 2. The van der Waals surface area contributed by atoms with Gasteiger partial charge in [0.25, 0.3) is 15.9 Å². The van der Waals surface area contributed by atoms with Crippen molar-refractivity contribution in [3.8, 4) is 0 Å². The van der Waals surface area contributed by atoms with Crippen molar-refractivity contribution in [1.29, 1.82) is 0 Å². The van der Waals surface area contributed by atoms with E-state index in [-0.39, 0.29) is 16.5 Å². The number of fused-ring (bicyclic) bond motifs is 1. The van der Waals surface area contributed by atoms with E-state index in [1.165, 1.54) is 33.5 Å². The molecule has 1 N–H and O–H groups in total. The average molecular weight is 521 g/mol. The van der Waals surface area contributed by atoms with E-state index in [2.05, 4.69) is 34.6 Å². The van der Waals surface area contributed by atoms with Crippen molar-refractivity contribution in [2.45, 2.75) is 29.6 Å². The molecule has 0 aliphatic carbocycles. The Balaban J connectivity index is 1.23. The number of amides is 1. The lowest BCUT2D eigenvalue weighted by Crippen LogP contribution is -2.29. The second-order valence-corrected chi connectivity index (χ2v) is 11.4. The molecule has 1 aliphatic heterocycles. The first-order valence-electron chi connectivity index (χ1n) is 11.5. The van der Waals surface area contributed by atoms with Crippen LogP contribution >= 0.6 is 11.8 Å². The molecule has 184 valence electrons. The predicted octanol–water partition coefficient (Wildman–Crippen LogP) is 4.78. The fourth-order valence-electron chi connectivity index (χ4n) is 4.05. The van der Waals surface area contributed by atoms with Crippen molar-refractivity contribution < 1.29 is 17.6 Å². The molecule has 4 aromatic rings. The lowest BCUT2D eigenvalue weighted by Gasteiger charge is -2.19. The number of sulfonamides is 1. The van der Waals surface area contributed by atoms with E-state index in [0.29, 0.717) is 31.0 Å². The number of nitrogens with zero attached hydrogens (tertiary/aromatic N) is 3. The van der Waals surface area contributed by atoms with Crippen LogP contribution in [0.4, 0.5) is 11.7 Å². The first-order chi connectivity index (χ1) is 17.4. The van der Waals surface area contributed by atoms with Gasteiger partial charge in [-0.25, -0.2) is 8.42 Å². The third-order valence-electron chi connectivity index (χ3n) is 5.83. The second kappa shape index (κ2) is 10.2. The first kappa shape index (κ1) is 24.1. The molecule has 1 aliphatic rings. The molecule has 0 saturated carbocycles. The van der Waals surface area contributed by atoms with Gasteiger partial charge in [0.05, 0.1) is 17.0 Å². The van der Waals surface area contributed by atoms with Crippen molar-refractivity contribution >= 4 is 39.4 Å². The highest BCUT2D eigenvalue weighted by Gasteiger charge is 2.30. The molecule has 0 radical (unpaired) electrons. The summed E-state index contributed by atoms with van der Waals surface area (Å²) in [5, 5.41) is 10.5. The van der Waals surface area contributed by atoms with Crippen LogP contribution in [0.3, 0.4) is 0 Å². The zero-order valence-corrected chi connectivity index (χ0v) is 21.2. The minimum Gasteiger partial charge on any atom is -0.407 e. The van der Waals surface area contributed by atoms with Crippen LogP contribution in [0.5, 0.6) is 0 Å². The Morgan fingerprint density at radius 1 is 1.03 bits per heavy atom. The van der Waals surface area contributed by atoms with E-state index < -0.39 is 15.9 Å². The molecular weight excluding hydrogens is 496 g/mol. The van der Waals surface area contributed by atoms with Crippen LogP contribution in [0.25, 0.3) is 0 Å². The molecule has 0 atom stereocenters. The number of rotatable bonds is 8. The molecule has 3 aromatic carbocycles. The zero-order chi connectivity index (χ0) is 25.1. The molecule has 0 spiro atoms. The smallest absolute Gasteiger partial charge is 0.322 e. The van der Waals surface area contributed by atoms with Gasteiger partial charge in [-0.2, -0.15) is 0 Å². The maximum Gasteiger partial charge on any atom is 0.322 e. The van der Waals surface area contributed by atoms with Crippen molar-refractivity contribution in [1.82, 2.24) is 10.2 Å². The predicted molar refractivity (Wildman–Crippen MR) is 139 cm³/mol. The van der Waals surface area contributed by atoms with Crippen LogP contribution in [0.15, 0.2) is 87.0 Å². The molecule has 0 bridgehead atoms. The quantitative estimate of drug-likeness (QED) is 0.334. The van der Waals surface area contributed by atoms with Gasteiger partial charge in [0.1, 0.15) is 0 Å². The van der Waals surface area contributed by atoms with Crippen LogP contribution in [-0.4, -0.2) is 36.8 Å². The molecule has 36 heavy (non-hydrogen) atoms. The summed E-state index contributed by atoms with van der Waals surface area (Å²) in [7, 11) is -3.73. The van der Waals surface area contributed by atoms with Crippen LogP contribution in [0.2, 0.25) is 0 Å². The molecule has 2 heterocycles. The number of benzene rings is 3. The fourth-order valence-corrected chi connectivity index (χ4v) is 6.22. The summed E-state index contributed by atoms with van der Waals surface area (Å²) in [5.74, 6) is 0.924. The summed E-state index contributed by atoms with van der Waals surface area (Å²) in [6.45, 7) is 2.50. The first-order valence-corrected chi connectivity index (χ1v) is 13.9. The number of para-hydroxylation sites is 1. The summed E-state index contributed by atoms with van der Waals surface area (Å²) in [4.78, 5) is 14.0. The summed E-state index contributed by atoms with van der Waals surface area (Å²) in [6.07, 6.45) is 1.12. The summed E-state index contributed by atoms with van der Waals surface area (Å²) in [5.41, 5.74) is 3.00. The number of anilines is 2. The van der Waals surface area contributed by atoms with Gasteiger partial charge < -0.3 is 4.42 Å². The highest BCUT2D eigenvalue weighted by atomic mass is 32.2. The van der Waals surface area contributed by atoms with Gasteiger partial charge in [-0.3, -0.25) is 14.4 Å². The van der Waals surface area contributed by atoms with Crippen LogP contribution in [0.1, 0.15) is 34.3 Å². The van der Waals surface area contributed by atoms with E-state index in [1.807, 2.05) is 30.3 Å². The van der Waals surface area contributed by atoms with Crippen molar-refractivity contribution in [3.63, 3.8) is 0 Å². The second-order valence-electron chi connectivity index (χ2n) is 8.19. The number of carbonyl (C=O) groups is 1. The molecule has 0 unspecified atom stereocenters. The van der Waals surface area contributed by atoms with E-state index in [4.69, 9.17) is 4.42 Å². The van der Waals surface area contributed by atoms with Crippen LogP contribution < -0.4 is 9.62 Å². The number of hydrogen-bond acceptors (Lipinski definition) is 7. The highest BCUT2D eigenvalue weighted by Crippen LogP contribution is 2.32. The number of thioether (sulfide) groups is 1. The Kier molecular flexibility index (Phi) is 6.80. The maximum atomic E-state index is 13.2. The number of carbonyl (C=O) groups excluding carboxylic acids is 1. The standard InChI is InChI=1S/C26H24N4O4S2/c1-2-35-21-11-7-18(8-12-21)17-24-28-29-26(34-24)27-25(31)20-9-13-22(14-10-20)36(32,33)30-16-15-19-5-3-4-6-23(19)30/h3-14H,2,15-17H2,1H3,(H,27,29,31). The normalized spacial score (nSPS) is 13.0. The lowest BCUT2D eigenvalue weighted by atomic mass is 10.1. The van der Waals surface area contributed by atoms with Crippen molar-refractivity contribution in [3.05, 3.63) is 95.4 Å². The fraction of sp³-hybridized carbons (Fsp3) is 0.192. The third-order valence-corrected chi connectivity index (χ3v) is 8.55. The van der Waals surface area contributed by atoms with Gasteiger partial charge in [-0.05, 0) is 65.8 Å².